The highest BCUT2D eigenvalue weighted by atomic mass is 16.6. The van der Waals surface area contributed by atoms with Crippen LogP contribution in [0.4, 0.5) is 4.79 Å². The van der Waals surface area contributed by atoms with Gasteiger partial charge in [-0.1, -0.05) is 0 Å². The molecule has 1 amide bonds. The topological polar surface area (TPSA) is 64.3 Å². The van der Waals surface area contributed by atoms with Crippen molar-refractivity contribution in [2.75, 3.05) is 0 Å². The third kappa shape index (κ3) is 2.32. The Hall–Kier alpha value is -0.770. The van der Waals surface area contributed by atoms with E-state index >= 15 is 0 Å². The van der Waals surface area contributed by atoms with Gasteiger partial charge in [-0.05, 0) is 75.5 Å². The number of amides is 1. The van der Waals surface area contributed by atoms with E-state index in [0.29, 0.717) is 0 Å². The molecule has 4 nitrogen and oxygen atoms in total. The number of hydrogen-bond acceptors (Lipinski definition) is 3. The molecule has 0 aliphatic heterocycles. The van der Waals surface area contributed by atoms with Crippen molar-refractivity contribution in [3.05, 3.63) is 0 Å². The molecule has 0 aromatic heterocycles. The Morgan fingerprint density at radius 3 is 2.10 bits per heavy atom. The molecule has 0 aromatic carbocycles. The summed E-state index contributed by atoms with van der Waals surface area (Å²) in [7, 11) is 0. The molecule has 5 saturated carbocycles. The Morgan fingerprint density at radius 1 is 1.00 bits per heavy atom. The zero-order valence-corrected chi connectivity index (χ0v) is 12.1. The maximum Gasteiger partial charge on any atom is 0.407 e. The molecule has 5 aliphatic carbocycles. The predicted molar refractivity (Wildman–Crippen MR) is 76.1 cm³/mol. The normalized spacial score (nSPS) is 49.4. The summed E-state index contributed by atoms with van der Waals surface area (Å²) >= 11 is 0. The van der Waals surface area contributed by atoms with Crippen molar-refractivity contribution >= 4 is 6.09 Å². The summed E-state index contributed by atoms with van der Waals surface area (Å²) in [5.41, 5.74) is 5.94. The van der Waals surface area contributed by atoms with Crippen LogP contribution in [0.5, 0.6) is 0 Å². The van der Waals surface area contributed by atoms with E-state index in [9.17, 15) is 4.79 Å². The van der Waals surface area contributed by atoms with Crippen LogP contribution in [0.25, 0.3) is 0 Å². The van der Waals surface area contributed by atoms with E-state index in [2.05, 4.69) is 5.32 Å². The van der Waals surface area contributed by atoms with E-state index in [1.165, 1.54) is 38.5 Å². The van der Waals surface area contributed by atoms with Crippen molar-refractivity contribution in [1.29, 1.82) is 0 Å². The minimum Gasteiger partial charge on any atom is -0.446 e. The predicted octanol–water partition coefficient (Wildman–Crippen LogP) is 2.56. The summed E-state index contributed by atoms with van der Waals surface area (Å²) in [6.45, 7) is 0. The van der Waals surface area contributed by atoms with Gasteiger partial charge in [0.15, 0.2) is 0 Å². The van der Waals surface area contributed by atoms with Gasteiger partial charge in [-0.25, -0.2) is 4.79 Å². The monoisotopic (exact) mass is 278 g/mol. The molecule has 112 valence electrons. The zero-order chi connectivity index (χ0) is 13.7. The van der Waals surface area contributed by atoms with E-state index in [4.69, 9.17) is 10.5 Å². The van der Waals surface area contributed by atoms with E-state index in [0.717, 1.165) is 37.0 Å². The van der Waals surface area contributed by atoms with E-state index < -0.39 is 0 Å². The molecule has 5 fully saturated rings. The third-order valence-electron chi connectivity index (χ3n) is 6.10. The van der Waals surface area contributed by atoms with Gasteiger partial charge in [-0.15, -0.1) is 0 Å². The molecule has 0 heterocycles. The van der Waals surface area contributed by atoms with Gasteiger partial charge in [0.05, 0.1) is 0 Å². The number of nitrogens with one attached hydrogen (secondary N) is 1. The lowest BCUT2D eigenvalue weighted by atomic mass is 9.53. The van der Waals surface area contributed by atoms with Gasteiger partial charge in [0.1, 0.15) is 6.10 Å². The van der Waals surface area contributed by atoms with Gasteiger partial charge in [0.2, 0.25) is 0 Å². The van der Waals surface area contributed by atoms with Crippen LogP contribution in [0, 0.1) is 17.8 Å². The highest BCUT2D eigenvalue weighted by Gasteiger charge is 2.51. The summed E-state index contributed by atoms with van der Waals surface area (Å²) in [6.07, 6.45) is 10.3. The van der Waals surface area contributed by atoms with Crippen molar-refractivity contribution in [3.63, 3.8) is 0 Å². The van der Waals surface area contributed by atoms with Crippen LogP contribution in [0.15, 0.2) is 0 Å². The minimum atomic E-state index is -0.189. The van der Waals surface area contributed by atoms with Crippen molar-refractivity contribution in [3.8, 4) is 0 Å². The molecular formula is C16H26N2O2. The Bertz CT molecular complexity index is 374. The molecular weight excluding hydrogens is 252 g/mol. The van der Waals surface area contributed by atoms with Crippen molar-refractivity contribution < 1.29 is 9.53 Å². The smallest absolute Gasteiger partial charge is 0.407 e. The van der Waals surface area contributed by atoms with Gasteiger partial charge >= 0.3 is 6.09 Å². The summed E-state index contributed by atoms with van der Waals surface area (Å²) in [5, 5.41) is 3.26. The first-order valence-electron chi connectivity index (χ1n) is 8.35. The first-order chi connectivity index (χ1) is 9.60. The molecule has 0 aromatic rings. The first kappa shape index (κ1) is 12.9. The Morgan fingerprint density at radius 2 is 1.60 bits per heavy atom. The van der Waals surface area contributed by atoms with Gasteiger partial charge in [0, 0.05) is 11.6 Å². The maximum absolute atomic E-state index is 12.2. The molecule has 0 saturated heterocycles. The van der Waals surface area contributed by atoms with Crippen molar-refractivity contribution in [2.45, 2.75) is 75.5 Å². The average molecular weight is 278 g/mol. The lowest BCUT2D eigenvalue weighted by Crippen LogP contribution is -2.60. The Labute approximate surface area is 120 Å². The largest absolute Gasteiger partial charge is 0.446 e. The number of ether oxygens (including phenoxy) is 1. The molecule has 0 radical (unpaired) electrons. The number of hydrogen-bond donors (Lipinski definition) is 2. The summed E-state index contributed by atoms with van der Waals surface area (Å²) in [4.78, 5) is 12.2. The van der Waals surface area contributed by atoms with Gasteiger partial charge in [-0.3, -0.25) is 0 Å². The van der Waals surface area contributed by atoms with Crippen LogP contribution in [0.1, 0.15) is 57.8 Å². The second-order valence-corrected chi connectivity index (χ2v) is 7.92. The molecule has 3 N–H and O–H groups in total. The first-order valence-corrected chi connectivity index (χ1v) is 8.35. The van der Waals surface area contributed by atoms with Gasteiger partial charge < -0.3 is 15.8 Å². The van der Waals surface area contributed by atoms with E-state index in [-0.39, 0.29) is 23.8 Å². The number of rotatable bonds is 2. The molecule has 20 heavy (non-hydrogen) atoms. The fourth-order valence-corrected chi connectivity index (χ4v) is 5.74. The van der Waals surface area contributed by atoms with E-state index in [1.54, 1.807) is 0 Å². The van der Waals surface area contributed by atoms with Crippen LogP contribution in [-0.4, -0.2) is 23.8 Å². The third-order valence-corrected chi connectivity index (χ3v) is 6.10. The maximum atomic E-state index is 12.2. The SMILES string of the molecule is NC1CCC(OC(=O)NC23CC4CC(CC(C4)C2)C3)C1. The fourth-order valence-electron chi connectivity index (χ4n) is 5.74. The number of nitrogens with two attached hydrogens (primary N) is 1. The molecule has 0 spiro atoms. The molecule has 5 rings (SSSR count). The minimum absolute atomic E-state index is 0.0407. The summed E-state index contributed by atoms with van der Waals surface area (Å²) in [6, 6.07) is 0.215. The number of carbonyl (C=O) groups is 1. The second-order valence-electron chi connectivity index (χ2n) is 7.92. The fraction of sp³-hybridized carbons (Fsp3) is 0.938. The quantitative estimate of drug-likeness (QED) is 0.816. The lowest BCUT2D eigenvalue weighted by molar-refractivity contribution is -0.0217. The number of alkyl carbamates (subject to hydrolysis) is 1. The molecule has 4 bridgehead atoms. The van der Waals surface area contributed by atoms with Gasteiger partial charge in [-0.2, -0.15) is 0 Å². The van der Waals surface area contributed by atoms with Crippen LogP contribution in [-0.2, 0) is 4.74 Å². The lowest BCUT2D eigenvalue weighted by Gasteiger charge is -2.56. The molecule has 2 unspecified atom stereocenters. The van der Waals surface area contributed by atoms with E-state index in [1.807, 2.05) is 0 Å². The second kappa shape index (κ2) is 4.62. The standard InChI is InChI=1S/C16H26N2O2/c17-13-1-2-14(6-13)20-15(19)18-16-7-10-3-11(8-16)5-12(4-10)9-16/h10-14H,1-9,17H2,(H,18,19). The van der Waals surface area contributed by atoms with Gasteiger partial charge in [0.25, 0.3) is 0 Å². The Kier molecular flexibility index (Phi) is 2.99. The van der Waals surface area contributed by atoms with Crippen LogP contribution in [0.3, 0.4) is 0 Å². The molecule has 5 aliphatic rings. The summed E-state index contributed by atoms with van der Waals surface area (Å²) < 4.78 is 5.59. The highest BCUT2D eigenvalue weighted by Crippen LogP contribution is 2.55. The molecule has 2 atom stereocenters. The van der Waals surface area contributed by atoms with Crippen LogP contribution in [0.2, 0.25) is 0 Å². The average Bonchev–Trinajstić information content (AvgIpc) is 2.71. The highest BCUT2D eigenvalue weighted by molar-refractivity contribution is 5.68. The zero-order valence-electron chi connectivity index (χ0n) is 12.1. The Balaban J connectivity index is 1.37. The summed E-state index contributed by atoms with van der Waals surface area (Å²) in [5.74, 6) is 2.55. The van der Waals surface area contributed by atoms with Crippen LogP contribution >= 0.6 is 0 Å². The number of carbonyl (C=O) groups excluding carboxylic acids is 1. The van der Waals surface area contributed by atoms with Crippen LogP contribution < -0.4 is 11.1 Å². The van der Waals surface area contributed by atoms with Crippen molar-refractivity contribution in [1.82, 2.24) is 5.32 Å². The molecule has 4 heteroatoms. The van der Waals surface area contributed by atoms with Crippen molar-refractivity contribution in [2.24, 2.45) is 23.5 Å².